The number of oxazole rings is 1. The van der Waals surface area contributed by atoms with E-state index in [0.717, 1.165) is 37.8 Å². The van der Waals surface area contributed by atoms with Crippen LogP contribution in [0, 0.1) is 5.92 Å². The normalized spacial score (nSPS) is 20.4. The van der Waals surface area contributed by atoms with Crippen molar-refractivity contribution in [2.24, 2.45) is 5.92 Å². The first-order valence-electron chi connectivity index (χ1n) is 17.1. The summed E-state index contributed by atoms with van der Waals surface area (Å²) in [5, 5.41) is 15.8. The van der Waals surface area contributed by atoms with E-state index < -0.39 is 24.1 Å². The minimum atomic E-state index is -2.96. The van der Waals surface area contributed by atoms with Crippen LogP contribution < -0.4 is 21.3 Å². The number of pyridine rings is 1. The van der Waals surface area contributed by atoms with E-state index in [1.807, 2.05) is 11.9 Å². The molecule has 0 radical (unpaired) electrons. The fourth-order valence-corrected chi connectivity index (χ4v) is 6.23. The Morgan fingerprint density at radius 3 is 2.71 bits per heavy atom. The Bertz CT molecular complexity index is 1880. The summed E-state index contributed by atoms with van der Waals surface area (Å²) in [6.07, 6.45) is 5.28. The number of halogens is 2. The number of alkyl halides is 2. The third-order valence-electron chi connectivity index (χ3n) is 9.36. The lowest BCUT2D eigenvalue weighted by Crippen LogP contribution is -2.40. The second-order valence-corrected chi connectivity index (χ2v) is 13.2. The molecule has 3 aliphatic rings. The van der Waals surface area contributed by atoms with Crippen molar-refractivity contribution in [3.05, 3.63) is 72.0 Å². The van der Waals surface area contributed by atoms with Crippen molar-refractivity contribution < 1.29 is 32.3 Å². The zero-order valence-corrected chi connectivity index (χ0v) is 28.0. The molecule has 2 saturated heterocycles. The number of hydrogen-bond acceptors (Lipinski definition) is 11. The lowest BCUT2D eigenvalue weighted by atomic mass is 10.1. The van der Waals surface area contributed by atoms with Gasteiger partial charge >= 0.3 is 5.97 Å². The summed E-state index contributed by atoms with van der Waals surface area (Å²) >= 11 is 0. The second kappa shape index (κ2) is 14.9. The number of benzene rings is 1. The molecule has 16 heteroatoms. The summed E-state index contributed by atoms with van der Waals surface area (Å²) in [5.41, 5.74) is 0.987. The number of rotatable bonds is 13. The van der Waals surface area contributed by atoms with Crippen LogP contribution in [0.3, 0.4) is 0 Å². The Hall–Kier alpha value is -5.22. The first kappa shape index (κ1) is 34.2. The van der Waals surface area contributed by atoms with E-state index in [9.17, 15) is 23.2 Å². The van der Waals surface area contributed by atoms with Gasteiger partial charge in [-0.25, -0.2) is 23.4 Å². The fraction of sp³-hybridized carbons (Fsp3) is 0.429. The van der Waals surface area contributed by atoms with Crippen LogP contribution in [-0.4, -0.2) is 87.3 Å². The lowest BCUT2D eigenvalue weighted by Gasteiger charge is -2.20. The number of anilines is 2. The molecule has 0 unspecified atom stereocenters. The maximum Gasteiger partial charge on any atom is 0.323 e. The molecule has 14 nitrogen and oxygen atoms in total. The van der Waals surface area contributed by atoms with Crippen molar-refractivity contribution in [1.29, 1.82) is 0 Å². The molecule has 2 amide bonds. The zero-order valence-electron chi connectivity index (χ0n) is 28.0. The van der Waals surface area contributed by atoms with Gasteiger partial charge in [0.25, 0.3) is 12.3 Å². The molecule has 3 atom stereocenters. The standard InChI is InChI=1S/C35H39F2N9O5/c1-45-12-2-3-28(45)35(49)51-24-14-25(39-17-24)32(47)41-16-21-6-8-23(9-7-21)46-18-26(30(44-46)31(36)37)42-33(48)27-19-50-34(43-27)22-10-11-38-29(13-22)40-15-20-4-5-20/h6-11,13,18-20,24-25,28,31,39H,2-5,12,14-17H2,1H3,(H,38,40)(H,41,47)(H,42,48)/t24-,25+,28+/m1/s1. The third-order valence-corrected chi connectivity index (χ3v) is 9.36. The maximum absolute atomic E-state index is 14.0. The van der Waals surface area contributed by atoms with Gasteiger partial charge in [0.2, 0.25) is 11.8 Å². The smallest absolute Gasteiger partial charge is 0.323 e. The van der Waals surface area contributed by atoms with Crippen molar-refractivity contribution in [3.8, 4) is 17.1 Å². The van der Waals surface area contributed by atoms with Gasteiger partial charge in [-0.15, -0.1) is 0 Å². The Morgan fingerprint density at radius 2 is 1.96 bits per heavy atom. The molecule has 0 bridgehead atoms. The van der Waals surface area contributed by atoms with Crippen LogP contribution in [-0.2, 0) is 20.9 Å². The van der Waals surface area contributed by atoms with Crippen molar-refractivity contribution in [2.45, 2.75) is 63.3 Å². The Balaban J connectivity index is 0.927. The number of likely N-dealkylation sites (tertiary alicyclic amines) is 1. The number of hydrogen-bond donors (Lipinski definition) is 4. The molecule has 7 rings (SSSR count). The number of ether oxygens (including phenoxy) is 1. The molecular formula is C35H39F2N9O5. The van der Waals surface area contributed by atoms with Gasteiger partial charge in [0, 0.05) is 37.8 Å². The van der Waals surface area contributed by atoms with Gasteiger partial charge in [-0.1, -0.05) is 12.1 Å². The predicted octanol–water partition coefficient (Wildman–Crippen LogP) is 3.92. The van der Waals surface area contributed by atoms with E-state index >= 15 is 0 Å². The quantitative estimate of drug-likeness (QED) is 0.149. The number of nitrogens with one attached hydrogen (secondary N) is 4. The Labute approximate surface area is 292 Å². The molecule has 3 aromatic heterocycles. The number of nitrogens with zero attached hydrogens (tertiary/aromatic N) is 5. The summed E-state index contributed by atoms with van der Waals surface area (Å²) in [6, 6.07) is 9.58. The van der Waals surface area contributed by atoms with Gasteiger partial charge in [0.15, 0.2) is 11.4 Å². The SMILES string of the molecule is CN1CCC[C@H]1C(=O)O[C@H]1CN[C@H](C(=O)NCc2ccc(-n3cc(NC(=O)c4coc(-c5ccnc(NCC6CC6)c5)n4)c(C(F)F)n3)cc2)C1. The molecule has 1 saturated carbocycles. The first-order chi connectivity index (χ1) is 24.7. The largest absolute Gasteiger partial charge is 0.460 e. The van der Waals surface area contributed by atoms with E-state index in [2.05, 4.69) is 36.3 Å². The van der Waals surface area contributed by atoms with Gasteiger partial charge in [-0.05, 0) is 75.0 Å². The number of esters is 1. The molecule has 0 spiro atoms. The molecule has 3 fully saturated rings. The molecule has 1 aliphatic carbocycles. The number of aromatic nitrogens is 4. The van der Waals surface area contributed by atoms with Crippen LogP contribution in [0.15, 0.2) is 59.5 Å². The van der Waals surface area contributed by atoms with Crippen molar-refractivity contribution >= 4 is 29.3 Å². The Kier molecular flexibility index (Phi) is 10.0. The minimum absolute atomic E-state index is 0.0880. The molecule has 4 aromatic rings. The first-order valence-corrected chi connectivity index (χ1v) is 17.1. The second-order valence-electron chi connectivity index (χ2n) is 13.2. The highest BCUT2D eigenvalue weighted by Gasteiger charge is 2.35. The molecule has 5 heterocycles. The minimum Gasteiger partial charge on any atom is -0.460 e. The molecule has 2 aliphatic heterocycles. The maximum atomic E-state index is 14.0. The van der Waals surface area contributed by atoms with Gasteiger partial charge in [0.05, 0.1) is 23.6 Å². The molecule has 268 valence electrons. The molecule has 1 aromatic carbocycles. The molecule has 4 N–H and O–H groups in total. The molecule has 51 heavy (non-hydrogen) atoms. The Morgan fingerprint density at radius 1 is 1.14 bits per heavy atom. The number of likely N-dealkylation sites (N-methyl/N-ethyl adjacent to an activating group) is 1. The predicted molar refractivity (Wildman–Crippen MR) is 181 cm³/mol. The van der Waals surface area contributed by atoms with Crippen LogP contribution in [0.5, 0.6) is 0 Å². The van der Waals surface area contributed by atoms with Crippen LogP contribution in [0.2, 0.25) is 0 Å². The number of carbonyl (C=O) groups excluding carboxylic acids is 3. The van der Waals surface area contributed by atoms with Gasteiger partial charge in [-0.3, -0.25) is 19.3 Å². The fourth-order valence-electron chi connectivity index (χ4n) is 6.23. The lowest BCUT2D eigenvalue weighted by molar-refractivity contribution is -0.153. The highest BCUT2D eigenvalue weighted by Crippen LogP contribution is 2.30. The number of amides is 2. The summed E-state index contributed by atoms with van der Waals surface area (Å²) in [5.74, 6) is 0.323. The summed E-state index contributed by atoms with van der Waals surface area (Å²) in [7, 11) is 1.91. The zero-order chi connectivity index (χ0) is 35.5. The monoisotopic (exact) mass is 703 g/mol. The van der Waals surface area contributed by atoms with E-state index in [0.29, 0.717) is 36.0 Å². The summed E-state index contributed by atoms with van der Waals surface area (Å²) in [4.78, 5) is 48.9. The molecular weight excluding hydrogens is 664 g/mol. The van der Waals surface area contributed by atoms with E-state index in [-0.39, 0.29) is 47.8 Å². The van der Waals surface area contributed by atoms with Crippen LogP contribution in [0.25, 0.3) is 17.1 Å². The van der Waals surface area contributed by atoms with Gasteiger partial charge in [0.1, 0.15) is 24.2 Å². The highest BCUT2D eigenvalue weighted by atomic mass is 19.3. The van der Waals surface area contributed by atoms with E-state index in [1.165, 1.54) is 23.7 Å². The summed E-state index contributed by atoms with van der Waals surface area (Å²) < 4.78 is 40.4. The van der Waals surface area contributed by atoms with Crippen molar-refractivity contribution in [1.82, 2.24) is 35.3 Å². The van der Waals surface area contributed by atoms with Crippen molar-refractivity contribution in [3.63, 3.8) is 0 Å². The third kappa shape index (κ3) is 8.23. The number of carbonyl (C=O) groups is 3. The van der Waals surface area contributed by atoms with Crippen LogP contribution in [0.1, 0.15) is 60.3 Å². The average Bonchev–Trinajstić information content (AvgIpc) is 3.54. The average molecular weight is 704 g/mol. The topological polar surface area (TPSA) is 169 Å². The van der Waals surface area contributed by atoms with Gasteiger partial charge < -0.3 is 30.4 Å². The van der Waals surface area contributed by atoms with E-state index in [1.54, 1.807) is 42.6 Å². The van der Waals surface area contributed by atoms with Crippen LogP contribution >= 0.6 is 0 Å². The van der Waals surface area contributed by atoms with Crippen LogP contribution in [0.4, 0.5) is 20.3 Å². The van der Waals surface area contributed by atoms with Gasteiger partial charge in [-0.2, -0.15) is 5.10 Å². The summed E-state index contributed by atoms with van der Waals surface area (Å²) in [6.45, 7) is 2.34. The van der Waals surface area contributed by atoms with E-state index in [4.69, 9.17) is 9.15 Å². The van der Waals surface area contributed by atoms with Crippen molar-refractivity contribution in [2.75, 3.05) is 37.3 Å². The highest BCUT2D eigenvalue weighted by molar-refractivity contribution is 6.03.